The van der Waals surface area contributed by atoms with Gasteiger partial charge in [-0.2, -0.15) is 0 Å². The normalized spacial score (nSPS) is 13.3. The minimum absolute atomic E-state index is 0.0836. The van der Waals surface area contributed by atoms with Crippen molar-refractivity contribution in [2.75, 3.05) is 6.54 Å². The molecule has 4 rings (SSSR count). The summed E-state index contributed by atoms with van der Waals surface area (Å²) >= 11 is 0. The fraction of sp³-hybridized carbons (Fsp3) is 0.360. The Balaban J connectivity index is 1.64. The number of hydrogen-bond acceptors (Lipinski definition) is 4. The van der Waals surface area contributed by atoms with E-state index in [0.29, 0.717) is 17.8 Å². The van der Waals surface area contributed by atoms with Crippen molar-refractivity contribution in [1.82, 2.24) is 19.4 Å². The standard InChI is InChI=1S/C25H28N4O2/c1-4-10-29(22-12-19-7-5-6-8-20(19)13-22)25(31)23-17(2)9-11-28(24(23)30)16-21-15-26-18(3)14-27-21/h5-9,11,14-15,22H,4,10,12-13,16H2,1-3H3. The second-order valence-electron chi connectivity index (χ2n) is 8.29. The second-order valence-corrected chi connectivity index (χ2v) is 8.29. The molecule has 2 aromatic heterocycles. The predicted octanol–water partition coefficient (Wildman–Crippen LogP) is 3.32. The third-order valence-corrected chi connectivity index (χ3v) is 5.95. The van der Waals surface area contributed by atoms with Crippen LogP contribution in [0.15, 0.2) is 53.7 Å². The number of benzene rings is 1. The van der Waals surface area contributed by atoms with Gasteiger partial charge in [-0.3, -0.25) is 19.6 Å². The van der Waals surface area contributed by atoms with Gasteiger partial charge in [0, 0.05) is 25.0 Å². The van der Waals surface area contributed by atoms with Crippen molar-refractivity contribution >= 4 is 5.91 Å². The molecule has 160 valence electrons. The molecule has 0 unspecified atom stereocenters. The Kier molecular flexibility index (Phi) is 5.98. The topological polar surface area (TPSA) is 68.1 Å². The summed E-state index contributed by atoms with van der Waals surface area (Å²) in [5.41, 5.74) is 4.78. The Hall–Kier alpha value is -3.28. The Morgan fingerprint density at radius 2 is 1.81 bits per heavy atom. The minimum atomic E-state index is -0.274. The summed E-state index contributed by atoms with van der Waals surface area (Å²) in [5, 5.41) is 0. The van der Waals surface area contributed by atoms with Crippen LogP contribution >= 0.6 is 0 Å². The van der Waals surface area contributed by atoms with E-state index >= 15 is 0 Å². The van der Waals surface area contributed by atoms with Gasteiger partial charge in [-0.25, -0.2) is 0 Å². The molecule has 2 heterocycles. The molecule has 0 N–H and O–H groups in total. The zero-order valence-electron chi connectivity index (χ0n) is 18.3. The molecular formula is C25H28N4O2. The molecule has 6 heteroatoms. The highest BCUT2D eigenvalue weighted by molar-refractivity contribution is 5.95. The molecule has 0 bridgehead atoms. The van der Waals surface area contributed by atoms with Crippen molar-refractivity contribution in [3.8, 4) is 0 Å². The van der Waals surface area contributed by atoms with Crippen LogP contribution in [0.1, 0.15) is 51.8 Å². The minimum Gasteiger partial charge on any atom is -0.335 e. The monoisotopic (exact) mass is 416 g/mol. The lowest BCUT2D eigenvalue weighted by molar-refractivity contribution is 0.0681. The molecule has 1 aliphatic carbocycles. The van der Waals surface area contributed by atoms with Crippen molar-refractivity contribution in [1.29, 1.82) is 0 Å². The molecule has 1 amide bonds. The number of aromatic nitrogens is 3. The number of pyridine rings is 1. The summed E-state index contributed by atoms with van der Waals surface area (Å²) in [7, 11) is 0. The lowest BCUT2D eigenvalue weighted by Gasteiger charge is -2.29. The van der Waals surface area contributed by atoms with Crippen molar-refractivity contribution in [3.05, 3.63) is 92.9 Å². The molecule has 0 fully saturated rings. The number of carbonyl (C=O) groups excluding carboxylic acids is 1. The zero-order valence-corrected chi connectivity index (χ0v) is 18.3. The molecule has 1 aliphatic rings. The first-order chi connectivity index (χ1) is 15.0. The Morgan fingerprint density at radius 3 is 2.42 bits per heavy atom. The first-order valence-electron chi connectivity index (χ1n) is 10.8. The van der Waals surface area contributed by atoms with E-state index in [0.717, 1.165) is 25.0 Å². The van der Waals surface area contributed by atoms with Crippen molar-refractivity contribution in [2.24, 2.45) is 0 Å². The molecule has 0 saturated carbocycles. The number of hydrogen-bond donors (Lipinski definition) is 0. The summed E-state index contributed by atoms with van der Waals surface area (Å²) in [6.07, 6.45) is 7.59. The number of rotatable bonds is 6. The molecule has 0 saturated heterocycles. The maximum absolute atomic E-state index is 13.6. The molecule has 0 radical (unpaired) electrons. The van der Waals surface area contributed by atoms with E-state index in [-0.39, 0.29) is 29.6 Å². The fourth-order valence-corrected chi connectivity index (χ4v) is 4.32. The van der Waals surface area contributed by atoms with Crippen LogP contribution in [0.2, 0.25) is 0 Å². The van der Waals surface area contributed by atoms with Crippen molar-refractivity contribution in [3.63, 3.8) is 0 Å². The van der Waals surface area contributed by atoms with E-state index in [9.17, 15) is 9.59 Å². The fourth-order valence-electron chi connectivity index (χ4n) is 4.32. The molecular weight excluding hydrogens is 388 g/mol. The van der Waals surface area contributed by atoms with Gasteiger partial charge in [0.1, 0.15) is 5.56 Å². The largest absolute Gasteiger partial charge is 0.335 e. The van der Waals surface area contributed by atoms with Crippen LogP contribution in [0, 0.1) is 13.8 Å². The van der Waals surface area contributed by atoms with Crippen LogP contribution in [-0.4, -0.2) is 37.9 Å². The maximum Gasteiger partial charge on any atom is 0.264 e. The summed E-state index contributed by atoms with van der Waals surface area (Å²) in [6.45, 7) is 6.69. The zero-order chi connectivity index (χ0) is 22.0. The number of fused-ring (bicyclic) bond motifs is 1. The Bertz CT molecular complexity index is 1130. The lowest BCUT2D eigenvalue weighted by atomic mass is 10.1. The van der Waals surface area contributed by atoms with Gasteiger partial charge in [-0.1, -0.05) is 31.2 Å². The maximum atomic E-state index is 13.6. The van der Waals surface area contributed by atoms with Gasteiger partial charge < -0.3 is 9.47 Å². The summed E-state index contributed by atoms with van der Waals surface area (Å²) < 4.78 is 1.55. The lowest BCUT2D eigenvalue weighted by Crippen LogP contribution is -2.44. The number of carbonyl (C=O) groups is 1. The van der Waals surface area contributed by atoms with E-state index in [1.165, 1.54) is 11.1 Å². The van der Waals surface area contributed by atoms with Crippen LogP contribution in [0.5, 0.6) is 0 Å². The molecule has 0 atom stereocenters. The number of nitrogens with zero attached hydrogens (tertiary/aromatic N) is 4. The van der Waals surface area contributed by atoms with E-state index in [1.54, 1.807) is 23.2 Å². The summed E-state index contributed by atoms with van der Waals surface area (Å²) in [5.74, 6) is -0.175. The van der Waals surface area contributed by atoms with Gasteiger partial charge in [-0.15, -0.1) is 0 Å². The highest BCUT2D eigenvalue weighted by atomic mass is 16.2. The number of aryl methyl sites for hydroxylation is 2. The second kappa shape index (κ2) is 8.84. The van der Waals surface area contributed by atoms with Crippen LogP contribution < -0.4 is 5.56 Å². The highest BCUT2D eigenvalue weighted by Crippen LogP contribution is 2.26. The first-order valence-corrected chi connectivity index (χ1v) is 10.8. The van der Waals surface area contributed by atoms with Crippen molar-refractivity contribution in [2.45, 2.75) is 52.6 Å². The van der Waals surface area contributed by atoms with Gasteiger partial charge in [0.25, 0.3) is 11.5 Å². The van der Waals surface area contributed by atoms with Gasteiger partial charge in [0.05, 0.1) is 24.1 Å². The molecule has 1 aromatic carbocycles. The molecule has 0 aliphatic heterocycles. The third kappa shape index (κ3) is 4.29. The van der Waals surface area contributed by atoms with Gasteiger partial charge in [-0.05, 0) is 55.9 Å². The average molecular weight is 417 g/mol. The van der Waals surface area contributed by atoms with Crippen LogP contribution in [-0.2, 0) is 19.4 Å². The molecule has 3 aromatic rings. The van der Waals surface area contributed by atoms with E-state index in [4.69, 9.17) is 0 Å². The first kappa shape index (κ1) is 21.0. The van der Waals surface area contributed by atoms with Gasteiger partial charge in [0.2, 0.25) is 0 Å². The summed E-state index contributed by atoms with van der Waals surface area (Å²) in [6, 6.07) is 10.3. The van der Waals surface area contributed by atoms with Crippen LogP contribution in [0.25, 0.3) is 0 Å². The van der Waals surface area contributed by atoms with E-state index < -0.39 is 0 Å². The summed E-state index contributed by atoms with van der Waals surface area (Å²) in [4.78, 5) is 37.5. The molecule has 6 nitrogen and oxygen atoms in total. The van der Waals surface area contributed by atoms with Crippen molar-refractivity contribution < 1.29 is 4.79 Å². The predicted molar refractivity (Wildman–Crippen MR) is 120 cm³/mol. The average Bonchev–Trinajstić information content (AvgIpc) is 3.19. The van der Waals surface area contributed by atoms with E-state index in [2.05, 4.69) is 29.0 Å². The van der Waals surface area contributed by atoms with Crippen LogP contribution in [0.4, 0.5) is 0 Å². The highest BCUT2D eigenvalue weighted by Gasteiger charge is 2.31. The molecule has 0 spiro atoms. The smallest absolute Gasteiger partial charge is 0.264 e. The van der Waals surface area contributed by atoms with Gasteiger partial charge >= 0.3 is 0 Å². The van der Waals surface area contributed by atoms with Crippen LogP contribution in [0.3, 0.4) is 0 Å². The third-order valence-electron chi connectivity index (χ3n) is 5.95. The Morgan fingerprint density at radius 1 is 1.10 bits per heavy atom. The quantitative estimate of drug-likeness (QED) is 0.618. The van der Waals surface area contributed by atoms with Gasteiger partial charge in [0.15, 0.2) is 0 Å². The molecule has 31 heavy (non-hydrogen) atoms. The Labute approximate surface area is 182 Å². The number of amides is 1. The SMILES string of the molecule is CCCN(C(=O)c1c(C)ccn(Cc2cnc(C)cn2)c1=O)C1Cc2ccccc2C1. The van der Waals surface area contributed by atoms with E-state index in [1.807, 2.05) is 36.9 Å².